The maximum absolute atomic E-state index is 11.5. The molecule has 2 rings (SSSR count). The van der Waals surface area contributed by atoms with E-state index >= 15 is 0 Å². The molecule has 0 bridgehead atoms. The minimum atomic E-state index is -0.354. The van der Waals surface area contributed by atoms with Gasteiger partial charge in [-0.1, -0.05) is 10.6 Å². The van der Waals surface area contributed by atoms with E-state index in [0.29, 0.717) is 10.8 Å². The van der Waals surface area contributed by atoms with Gasteiger partial charge in [0.05, 0.1) is 6.20 Å². The number of nitrogens with one attached hydrogen (secondary N) is 2. The number of carbonyl (C=O) groups is 1. The molecule has 0 atom stereocenters. The molecule has 0 spiro atoms. The van der Waals surface area contributed by atoms with Gasteiger partial charge in [0.1, 0.15) is 10.8 Å². The first-order chi connectivity index (χ1) is 7.75. The molecule has 0 saturated heterocycles. The van der Waals surface area contributed by atoms with Crippen LogP contribution in [0.4, 0.5) is 15.6 Å². The predicted molar refractivity (Wildman–Crippen MR) is 61.5 cm³/mol. The number of urea groups is 1. The Labute approximate surface area is 95.9 Å². The van der Waals surface area contributed by atoms with E-state index in [1.807, 2.05) is 19.1 Å². The Morgan fingerprint density at radius 3 is 3.00 bits per heavy atom. The smallest absolute Gasteiger partial charge is 0.296 e. The number of carbonyl (C=O) groups excluding carboxylic acids is 1. The van der Waals surface area contributed by atoms with Crippen molar-refractivity contribution in [3.63, 3.8) is 0 Å². The number of nitrogens with zero attached hydrogens (tertiary/aromatic N) is 3. The first-order valence-corrected chi connectivity index (χ1v) is 5.30. The van der Waals surface area contributed by atoms with E-state index in [9.17, 15) is 4.79 Å². The quantitative estimate of drug-likeness (QED) is 0.833. The van der Waals surface area contributed by atoms with Crippen LogP contribution in [0.1, 0.15) is 5.56 Å². The summed E-state index contributed by atoms with van der Waals surface area (Å²) in [7, 11) is 0. The molecule has 6 nitrogen and oxygen atoms in total. The van der Waals surface area contributed by atoms with E-state index in [0.717, 1.165) is 17.1 Å². The van der Waals surface area contributed by atoms with Crippen LogP contribution in [0.5, 0.6) is 0 Å². The number of rotatable bonds is 2. The lowest BCUT2D eigenvalue weighted by atomic mass is 10.3. The fraction of sp³-hybridized carbons (Fsp3) is 0.111. The zero-order chi connectivity index (χ0) is 11.4. The number of pyridine rings is 1. The summed E-state index contributed by atoms with van der Waals surface area (Å²) in [6.45, 7) is 1.87. The third-order valence-corrected chi connectivity index (χ3v) is 2.42. The summed E-state index contributed by atoms with van der Waals surface area (Å²) in [4.78, 5) is 15.6. The SMILES string of the molecule is Cc1cccnc1NC(=O)Nc1cnns1. The summed E-state index contributed by atoms with van der Waals surface area (Å²) in [6, 6.07) is 3.33. The number of amides is 2. The van der Waals surface area contributed by atoms with Gasteiger partial charge >= 0.3 is 6.03 Å². The van der Waals surface area contributed by atoms with Gasteiger partial charge in [0.25, 0.3) is 0 Å². The molecule has 2 aromatic rings. The fourth-order valence-electron chi connectivity index (χ4n) is 1.09. The van der Waals surface area contributed by atoms with Gasteiger partial charge in [0.15, 0.2) is 0 Å². The predicted octanol–water partition coefficient (Wildman–Crippen LogP) is 1.89. The monoisotopic (exact) mass is 235 g/mol. The molecule has 0 aromatic carbocycles. The van der Waals surface area contributed by atoms with Crippen LogP contribution < -0.4 is 10.6 Å². The maximum Gasteiger partial charge on any atom is 0.325 e. The molecule has 0 radical (unpaired) electrons. The van der Waals surface area contributed by atoms with Crippen LogP contribution in [-0.2, 0) is 0 Å². The van der Waals surface area contributed by atoms with E-state index in [4.69, 9.17) is 0 Å². The minimum Gasteiger partial charge on any atom is -0.296 e. The van der Waals surface area contributed by atoms with Gasteiger partial charge in [-0.2, -0.15) is 0 Å². The average molecular weight is 235 g/mol. The molecule has 2 N–H and O–H groups in total. The highest BCUT2D eigenvalue weighted by Gasteiger charge is 2.06. The molecule has 16 heavy (non-hydrogen) atoms. The summed E-state index contributed by atoms with van der Waals surface area (Å²) in [5.41, 5.74) is 0.903. The van der Waals surface area contributed by atoms with Crippen LogP contribution in [0.25, 0.3) is 0 Å². The lowest BCUT2D eigenvalue weighted by molar-refractivity contribution is 0.262. The highest BCUT2D eigenvalue weighted by molar-refractivity contribution is 7.10. The summed E-state index contributed by atoms with van der Waals surface area (Å²) < 4.78 is 3.63. The van der Waals surface area contributed by atoms with E-state index < -0.39 is 0 Å². The number of aryl methyl sites for hydroxylation is 1. The van der Waals surface area contributed by atoms with Crippen LogP contribution in [0.3, 0.4) is 0 Å². The van der Waals surface area contributed by atoms with Gasteiger partial charge in [0.2, 0.25) is 0 Å². The standard InChI is InChI=1S/C9H9N5OS/c1-6-3-2-4-10-8(6)13-9(15)12-7-5-11-14-16-7/h2-5H,1H3,(H2,10,12,13,15). The Bertz CT molecular complexity index is 484. The number of hydrogen-bond acceptors (Lipinski definition) is 5. The molecule has 0 aliphatic carbocycles. The van der Waals surface area contributed by atoms with Crippen LogP contribution in [0.2, 0.25) is 0 Å². The summed E-state index contributed by atoms with van der Waals surface area (Å²) >= 11 is 1.11. The van der Waals surface area contributed by atoms with Crippen molar-refractivity contribution in [2.24, 2.45) is 0 Å². The van der Waals surface area contributed by atoms with Crippen molar-refractivity contribution in [1.82, 2.24) is 14.6 Å². The average Bonchev–Trinajstić information content (AvgIpc) is 2.74. The molecule has 2 amide bonds. The van der Waals surface area contributed by atoms with Gasteiger partial charge in [-0.15, -0.1) is 5.10 Å². The van der Waals surface area contributed by atoms with Crippen molar-refractivity contribution < 1.29 is 4.79 Å². The van der Waals surface area contributed by atoms with E-state index in [1.165, 1.54) is 6.20 Å². The lowest BCUT2D eigenvalue weighted by Crippen LogP contribution is -2.20. The van der Waals surface area contributed by atoms with E-state index in [2.05, 4.69) is 25.2 Å². The van der Waals surface area contributed by atoms with Crippen molar-refractivity contribution >= 4 is 28.4 Å². The van der Waals surface area contributed by atoms with Crippen molar-refractivity contribution in [3.8, 4) is 0 Å². The fourth-order valence-corrected chi connectivity index (χ4v) is 1.50. The number of anilines is 2. The highest BCUT2D eigenvalue weighted by Crippen LogP contribution is 2.12. The van der Waals surface area contributed by atoms with E-state index in [1.54, 1.807) is 6.20 Å². The normalized spacial score (nSPS) is 9.81. The molecule has 0 unspecified atom stereocenters. The Morgan fingerprint density at radius 2 is 2.31 bits per heavy atom. The molecule has 82 valence electrons. The van der Waals surface area contributed by atoms with Gasteiger partial charge in [-0.05, 0) is 18.6 Å². The Kier molecular flexibility index (Phi) is 3.06. The largest absolute Gasteiger partial charge is 0.325 e. The zero-order valence-corrected chi connectivity index (χ0v) is 9.28. The molecule has 7 heteroatoms. The summed E-state index contributed by atoms with van der Waals surface area (Å²) in [5, 5.41) is 9.44. The van der Waals surface area contributed by atoms with Crippen LogP contribution >= 0.6 is 11.5 Å². The molecular formula is C9H9N5OS. The Morgan fingerprint density at radius 1 is 1.44 bits per heavy atom. The van der Waals surface area contributed by atoms with Crippen molar-refractivity contribution in [2.45, 2.75) is 6.92 Å². The molecular weight excluding hydrogens is 226 g/mol. The van der Waals surface area contributed by atoms with Gasteiger partial charge in [-0.25, -0.2) is 9.78 Å². The number of aromatic nitrogens is 3. The van der Waals surface area contributed by atoms with Gasteiger partial charge in [-0.3, -0.25) is 10.6 Å². The zero-order valence-electron chi connectivity index (χ0n) is 8.47. The van der Waals surface area contributed by atoms with E-state index in [-0.39, 0.29) is 6.03 Å². The second kappa shape index (κ2) is 4.67. The molecule has 2 heterocycles. The third kappa shape index (κ3) is 2.51. The van der Waals surface area contributed by atoms with Crippen molar-refractivity contribution in [2.75, 3.05) is 10.6 Å². The summed E-state index contributed by atoms with van der Waals surface area (Å²) in [5.74, 6) is 0.539. The second-order valence-electron chi connectivity index (χ2n) is 3.03. The topological polar surface area (TPSA) is 79.8 Å². The molecule has 2 aromatic heterocycles. The molecule has 0 aliphatic heterocycles. The minimum absolute atomic E-state index is 0.354. The Hall–Kier alpha value is -2.02. The molecule has 0 fully saturated rings. The van der Waals surface area contributed by atoms with Crippen molar-refractivity contribution in [1.29, 1.82) is 0 Å². The highest BCUT2D eigenvalue weighted by atomic mass is 32.1. The maximum atomic E-state index is 11.5. The first-order valence-electron chi connectivity index (χ1n) is 4.52. The lowest BCUT2D eigenvalue weighted by Gasteiger charge is -2.06. The second-order valence-corrected chi connectivity index (χ2v) is 3.82. The van der Waals surface area contributed by atoms with Crippen LogP contribution in [0, 0.1) is 6.92 Å². The first kappa shape index (κ1) is 10.5. The van der Waals surface area contributed by atoms with Gasteiger partial charge in [0, 0.05) is 17.7 Å². The molecule has 0 saturated carbocycles. The summed E-state index contributed by atoms with van der Waals surface area (Å²) in [6.07, 6.45) is 3.10. The van der Waals surface area contributed by atoms with Crippen molar-refractivity contribution in [3.05, 3.63) is 30.1 Å². The third-order valence-electron chi connectivity index (χ3n) is 1.84. The molecule has 0 aliphatic rings. The van der Waals surface area contributed by atoms with Gasteiger partial charge < -0.3 is 0 Å². The van der Waals surface area contributed by atoms with Crippen LogP contribution in [0.15, 0.2) is 24.5 Å². The Balaban J connectivity index is 2.00. The number of hydrogen-bond donors (Lipinski definition) is 2. The van der Waals surface area contributed by atoms with Crippen LogP contribution in [-0.4, -0.2) is 20.6 Å².